The number of carboxylic acids is 1. The van der Waals surface area contributed by atoms with Crippen LogP contribution in [0.4, 0.5) is 10.5 Å². The van der Waals surface area contributed by atoms with Crippen molar-refractivity contribution in [1.29, 1.82) is 0 Å². The molecule has 1 aromatic carbocycles. The summed E-state index contributed by atoms with van der Waals surface area (Å²) >= 11 is 6.03. The Morgan fingerprint density at radius 1 is 1.45 bits per heavy atom. The molecule has 1 heterocycles. The molecule has 6 heteroatoms. The maximum atomic E-state index is 12.2. The lowest BCUT2D eigenvalue weighted by molar-refractivity contribution is -0.146. The molecule has 0 aromatic heterocycles. The third-order valence-electron chi connectivity index (χ3n) is 3.64. The summed E-state index contributed by atoms with van der Waals surface area (Å²) in [6.07, 6.45) is 0.456. The molecule has 0 bridgehead atoms. The van der Waals surface area contributed by atoms with Crippen LogP contribution in [0.3, 0.4) is 0 Å². The van der Waals surface area contributed by atoms with E-state index < -0.39 is 11.4 Å². The van der Waals surface area contributed by atoms with Crippen molar-refractivity contribution >= 4 is 29.3 Å². The lowest BCUT2D eigenvalue weighted by Crippen LogP contribution is -2.37. The quantitative estimate of drug-likeness (QED) is 0.881. The molecule has 2 rings (SSSR count). The molecule has 1 atom stereocenters. The van der Waals surface area contributed by atoms with Crippen molar-refractivity contribution in [2.75, 3.05) is 18.4 Å². The van der Waals surface area contributed by atoms with E-state index in [1.807, 2.05) is 13.0 Å². The number of aryl methyl sites for hydroxylation is 1. The highest BCUT2D eigenvalue weighted by atomic mass is 35.5. The molecule has 2 N–H and O–H groups in total. The smallest absolute Gasteiger partial charge is 0.321 e. The molecule has 1 aliphatic heterocycles. The van der Waals surface area contributed by atoms with Gasteiger partial charge in [0.2, 0.25) is 0 Å². The fourth-order valence-corrected chi connectivity index (χ4v) is 2.40. The zero-order valence-electron chi connectivity index (χ0n) is 11.4. The number of nitrogens with one attached hydrogen (secondary N) is 1. The van der Waals surface area contributed by atoms with E-state index in [9.17, 15) is 9.59 Å². The number of benzene rings is 1. The topological polar surface area (TPSA) is 69.6 Å². The van der Waals surface area contributed by atoms with Crippen LogP contribution in [0.5, 0.6) is 0 Å². The summed E-state index contributed by atoms with van der Waals surface area (Å²) in [6, 6.07) is 5.04. The minimum Gasteiger partial charge on any atom is -0.481 e. The Labute approximate surface area is 122 Å². The van der Waals surface area contributed by atoms with Crippen LogP contribution in [0.15, 0.2) is 18.2 Å². The number of urea groups is 1. The fraction of sp³-hybridized carbons (Fsp3) is 0.429. The van der Waals surface area contributed by atoms with Gasteiger partial charge < -0.3 is 15.3 Å². The van der Waals surface area contributed by atoms with Gasteiger partial charge in [0.1, 0.15) is 0 Å². The molecule has 1 saturated heterocycles. The first kappa shape index (κ1) is 14.7. The molecular formula is C14H17ClN2O3. The summed E-state index contributed by atoms with van der Waals surface area (Å²) in [5, 5.41) is 12.4. The number of rotatable bonds is 2. The molecule has 1 aromatic rings. The van der Waals surface area contributed by atoms with Gasteiger partial charge in [-0.3, -0.25) is 4.79 Å². The van der Waals surface area contributed by atoms with E-state index in [4.69, 9.17) is 16.7 Å². The number of hydrogen-bond donors (Lipinski definition) is 2. The summed E-state index contributed by atoms with van der Waals surface area (Å²) in [5.74, 6) is -0.874. The van der Waals surface area contributed by atoms with Crippen LogP contribution >= 0.6 is 11.6 Å². The van der Waals surface area contributed by atoms with E-state index >= 15 is 0 Å². The van der Waals surface area contributed by atoms with E-state index in [-0.39, 0.29) is 12.6 Å². The van der Waals surface area contributed by atoms with E-state index in [1.54, 1.807) is 19.1 Å². The number of hydrogen-bond acceptors (Lipinski definition) is 2. The number of carbonyl (C=O) groups excluding carboxylic acids is 1. The van der Waals surface area contributed by atoms with E-state index in [1.165, 1.54) is 4.90 Å². The molecular weight excluding hydrogens is 280 g/mol. The van der Waals surface area contributed by atoms with Crippen LogP contribution in [-0.2, 0) is 4.79 Å². The van der Waals surface area contributed by atoms with Gasteiger partial charge in [-0.25, -0.2) is 4.79 Å². The van der Waals surface area contributed by atoms with Gasteiger partial charge in [0.25, 0.3) is 0 Å². The summed E-state index contributed by atoms with van der Waals surface area (Å²) in [7, 11) is 0. The van der Waals surface area contributed by atoms with Gasteiger partial charge in [0, 0.05) is 13.1 Å². The largest absolute Gasteiger partial charge is 0.481 e. The highest BCUT2D eigenvalue weighted by molar-refractivity contribution is 6.33. The highest BCUT2D eigenvalue weighted by Crippen LogP contribution is 2.31. The molecule has 0 spiro atoms. The standard InChI is InChI=1S/C14H17ClN2O3/c1-9-3-4-10(15)11(7-9)16-13(20)17-6-5-14(2,8-17)12(18)19/h3-4,7H,5-6,8H2,1-2H3,(H,16,20)(H,18,19). The minimum absolute atomic E-state index is 0.206. The van der Waals surface area contributed by atoms with Crippen LogP contribution < -0.4 is 5.32 Å². The van der Waals surface area contributed by atoms with Gasteiger partial charge in [-0.1, -0.05) is 17.7 Å². The SMILES string of the molecule is Cc1ccc(Cl)c(NC(=O)N2CCC(C)(C(=O)O)C2)c1. The van der Waals surface area contributed by atoms with Crippen LogP contribution in [0.1, 0.15) is 18.9 Å². The lowest BCUT2D eigenvalue weighted by atomic mass is 9.90. The maximum absolute atomic E-state index is 12.2. The number of amides is 2. The van der Waals surface area contributed by atoms with E-state index in [0.29, 0.717) is 23.7 Å². The van der Waals surface area contributed by atoms with Crippen molar-refractivity contribution in [2.45, 2.75) is 20.3 Å². The predicted molar refractivity (Wildman–Crippen MR) is 77.1 cm³/mol. The van der Waals surface area contributed by atoms with Crippen molar-refractivity contribution in [2.24, 2.45) is 5.41 Å². The molecule has 0 saturated carbocycles. The first-order valence-electron chi connectivity index (χ1n) is 6.37. The molecule has 0 aliphatic carbocycles. The second-order valence-corrected chi connectivity index (χ2v) is 5.86. The second kappa shape index (κ2) is 5.32. The number of nitrogens with zero attached hydrogens (tertiary/aromatic N) is 1. The zero-order chi connectivity index (χ0) is 14.9. The van der Waals surface area contributed by atoms with E-state index in [2.05, 4.69) is 5.32 Å². The van der Waals surface area contributed by atoms with Gasteiger partial charge in [-0.05, 0) is 38.0 Å². The summed E-state index contributed by atoms with van der Waals surface area (Å²) < 4.78 is 0. The number of halogens is 1. The highest BCUT2D eigenvalue weighted by Gasteiger charge is 2.42. The first-order valence-corrected chi connectivity index (χ1v) is 6.75. The maximum Gasteiger partial charge on any atom is 0.321 e. The summed E-state index contributed by atoms with van der Waals surface area (Å²) in [5.41, 5.74) is 0.662. The Hall–Kier alpha value is -1.75. The minimum atomic E-state index is -0.874. The predicted octanol–water partition coefficient (Wildman–Crippen LogP) is 2.98. The second-order valence-electron chi connectivity index (χ2n) is 5.45. The Morgan fingerprint density at radius 3 is 2.75 bits per heavy atom. The van der Waals surface area contributed by atoms with Crippen LogP contribution in [0, 0.1) is 12.3 Å². The number of likely N-dealkylation sites (tertiary alicyclic amines) is 1. The average molecular weight is 297 g/mol. The fourth-order valence-electron chi connectivity index (χ4n) is 2.24. The molecule has 20 heavy (non-hydrogen) atoms. The molecule has 1 aliphatic rings. The molecule has 0 radical (unpaired) electrons. The van der Waals surface area contributed by atoms with Gasteiger partial charge in [0.05, 0.1) is 16.1 Å². The lowest BCUT2D eigenvalue weighted by Gasteiger charge is -2.21. The summed E-state index contributed by atoms with van der Waals surface area (Å²) in [6.45, 7) is 4.20. The Bertz CT molecular complexity index is 561. The average Bonchev–Trinajstić information content (AvgIpc) is 2.78. The summed E-state index contributed by atoms with van der Waals surface area (Å²) in [4.78, 5) is 24.8. The molecule has 5 nitrogen and oxygen atoms in total. The molecule has 1 unspecified atom stereocenters. The first-order chi connectivity index (χ1) is 9.32. The van der Waals surface area contributed by atoms with Gasteiger partial charge >= 0.3 is 12.0 Å². The third kappa shape index (κ3) is 2.88. The van der Waals surface area contributed by atoms with Crippen molar-refractivity contribution in [3.05, 3.63) is 28.8 Å². The van der Waals surface area contributed by atoms with Crippen LogP contribution in [0.25, 0.3) is 0 Å². The van der Waals surface area contributed by atoms with Crippen LogP contribution in [0.2, 0.25) is 5.02 Å². The van der Waals surface area contributed by atoms with Gasteiger partial charge in [-0.2, -0.15) is 0 Å². The monoisotopic (exact) mass is 296 g/mol. The Kier molecular flexibility index (Phi) is 3.90. The van der Waals surface area contributed by atoms with Crippen molar-refractivity contribution in [3.8, 4) is 0 Å². The van der Waals surface area contributed by atoms with Crippen molar-refractivity contribution in [3.63, 3.8) is 0 Å². The van der Waals surface area contributed by atoms with Crippen molar-refractivity contribution in [1.82, 2.24) is 4.90 Å². The van der Waals surface area contributed by atoms with Crippen LogP contribution in [-0.4, -0.2) is 35.1 Å². The number of carbonyl (C=O) groups is 2. The van der Waals surface area contributed by atoms with E-state index in [0.717, 1.165) is 5.56 Å². The molecule has 2 amide bonds. The Morgan fingerprint density at radius 2 is 2.15 bits per heavy atom. The van der Waals surface area contributed by atoms with Crippen molar-refractivity contribution < 1.29 is 14.7 Å². The zero-order valence-corrected chi connectivity index (χ0v) is 12.2. The number of aliphatic carboxylic acids is 1. The number of carboxylic acid groups (broad SMARTS) is 1. The third-order valence-corrected chi connectivity index (χ3v) is 3.97. The molecule has 1 fully saturated rings. The van der Waals surface area contributed by atoms with Gasteiger partial charge in [-0.15, -0.1) is 0 Å². The Balaban J connectivity index is 2.07. The molecule has 108 valence electrons. The number of anilines is 1. The normalized spacial score (nSPS) is 21.9. The van der Waals surface area contributed by atoms with Gasteiger partial charge in [0.15, 0.2) is 0 Å².